The first kappa shape index (κ1) is 23.3. The van der Waals surface area contributed by atoms with Crippen LogP contribution in [0.25, 0.3) is 10.9 Å². The number of carbonyl (C=O) groups excluding carboxylic acids is 2. The van der Waals surface area contributed by atoms with Crippen LogP contribution in [0.5, 0.6) is 0 Å². The van der Waals surface area contributed by atoms with Crippen LogP contribution in [0, 0.1) is 11.8 Å². The summed E-state index contributed by atoms with van der Waals surface area (Å²) in [6.07, 6.45) is 10.2. The van der Waals surface area contributed by atoms with Crippen LogP contribution < -0.4 is 10.6 Å². The highest BCUT2D eigenvalue weighted by Crippen LogP contribution is 2.31. The van der Waals surface area contributed by atoms with Gasteiger partial charge in [0.25, 0.3) is 0 Å². The summed E-state index contributed by atoms with van der Waals surface area (Å²) in [5.41, 5.74) is 2.17. The van der Waals surface area contributed by atoms with Gasteiger partial charge in [-0.3, -0.25) is 14.4 Å². The van der Waals surface area contributed by atoms with Crippen molar-refractivity contribution in [3.63, 3.8) is 0 Å². The number of nitrogens with one attached hydrogen (secondary N) is 2. The standard InChI is InChI=1S/C26H35N3O4/c30-24(31)16-19(14-18-8-2-3-9-18)25(32)28-22-15-20-17-29(23-11-5-4-10-21(20)23)13-7-1-6-12-27-26(22)33/h4-5,10-11,17-19,22H,1-3,6-9,12-16H2,(H,27,33)(H,28,32)(H,30,31)/t19-,22?/m1/s1. The van der Waals surface area contributed by atoms with Crippen LogP contribution in [0.1, 0.15) is 63.4 Å². The maximum Gasteiger partial charge on any atom is 0.304 e. The van der Waals surface area contributed by atoms with Crippen molar-refractivity contribution < 1.29 is 19.5 Å². The number of nitrogens with zero attached hydrogens (tertiary/aromatic N) is 1. The predicted molar refractivity (Wildman–Crippen MR) is 127 cm³/mol. The largest absolute Gasteiger partial charge is 0.481 e. The van der Waals surface area contributed by atoms with Crippen LogP contribution in [0.2, 0.25) is 0 Å². The van der Waals surface area contributed by atoms with Gasteiger partial charge in [0, 0.05) is 42.5 Å². The molecule has 1 aromatic heterocycles. The molecular weight excluding hydrogens is 418 g/mol. The Labute approximate surface area is 194 Å². The Hall–Kier alpha value is -2.83. The number of carbonyl (C=O) groups is 3. The number of carboxylic acids is 1. The molecule has 3 N–H and O–H groups in total. The molecule has 1 aromatic carbocycles. The van der Waals surface area contributed by atoms with Gasteiger partial charge in [-0.05, 0) is 43.2 Å². The average Bonchev–Trinajstić information content (AvgIpc) is 3.42. The average molecular weight is 454 g/mol. The van der Waals surface area contributed by atoms with E-state index < -0.39 is 17.9 Å². The molecule has 2 amide bonds. The van der Waals surface area contributed by atoms with Gasteiger partial charge in [0.1, 0.15) is 6.04 Å². The second-order valence-electron chi connectivity index (χ2n) is 9.66. The third-order valence-corrected chi connectivity index (χ3v) is 7.19. The molecule has 2 atom stereocenters. The van der Waals surface area contributed by atoms with Crippen molar-refractivity contribution in [3.05, 3.63) is 36.0 Å². The molecule has 2 aromatic rings. The number of aryl methyl sites for hydroxylation is 1. The van der Waals surface area contributed by atoms with Crippen molar-refractivity contribution in [2.75, 3.05) is 6.54 Å². The third-order valence-electron chi connectivity index (χ3n) is 7.19. The van der Waals surface area contributed by atoms with Crippen molar-refractivity contribution >= 4 is 28.7 Å². The summed E-state index contributed by atoms with van der Waals surface area (Å²) in [4.78, 5) is 37.7. The molecule has 1 aliphatic heterocycles. The van der Waals surface area contributed by atoms with Crippen LogP contribution in [0.3, 0.4) is 0 Å². The fourth-order valence-corrected chi connectivity index (χ4v) is 5.45. The zero-order valence-electron chi connectivity index (χ0n) is 19.2. The quantitative estimate of drug-likeness (QED) is 0.622. The van der Waals surface area contributed by atoms with Gasteiger partial charge < -0.3 is 20.3 Å². The third kappa shape index (κ3) is 5.95. The van der Waals surface area contributed by atoms with Crippen LogP contribution in [-0.2, 0) is 27.3 Å². The molecule has 178 valence electrons. The Morgan fingerprint density at radius 2 is 1.91 bits per heavy atom. The number of para-hydroxylation sites is 1. The van der Waals surface area contributed by atoms with Crippen molar-refractivity contribution in [2.24, 2.45) is 11.8 Å². The van der Waals surface area contributed by atoms with E-state index in [0.29, 0.717) is 25.3 Å². The molecule has 33 heavy (non-hydrogen) atoms. The molecule has 7 nitrogen and oxygen atoms in total. The van der Waals surface area contributed by atoms with E-state index in [0.717, 1.165) is 68.0 Å². The topological polar surface area (TPSA) is 100 Å². The zero-order chi connectivity index (χ0) is 23.2. The summed E-state index contributed by atoms with van der Waals surface area (Å²) < 4.78 is 2.25. The number of amides is 2. The van der Waals surface area contributed by atoms with Gasteiger partial charge in [-0.1, -0.05) is 43.9 Å². The first-order valence-corrected chi connectivity index (χ1v) is 12.4. The minimum absolute atomic E-state index is 0.198. The monoisotopic (exact) mass is 453 g/mol. The highest BCUT2D eigenvalue weighted by Gasteiger charge is 2.31. The van der Waals surface area contributed by atoms with E-state index in [1.807, 2.05) is 12.1 Å². The Morgan fingerprint density at radius 3 is 2.70 bits per heavy atom. The summed E-state index contributed by atoms with van der Waals surface area (Å²) in [5, 5.41) is 16.4. The number of hydrogen-bond acceptors (Lipinski definition) is 3. The molecule has 4 rings (SSSR count). The maximum absolute atomic E-state index is 13.2. The fourth-order valence-electron chi connectivity index (χ4n) is 5.45. The number of aliphatic carboxylic acids is 1. The number of carboxylic acid groups (broad SMARTS) is 1. The lowest BCUT2D eigenvalue weighted by molar-refractivity contribution is -0.142. The number of fused-ring (bicyclic) bond motifs is 5. The Bertz CT molecular complexity index is 993. The Morgan fingerprint density at radius 1 is 1.12 bits per heavy atom. The maximum atomic E-state index is 13.2. The van der Waals surface area contributed by atoms with Crippen molar-refractivity contribution in [1.29, 1.82) is 0 Å². The van der Waals surface area contributed by atoms with Crippen LogP contribution in [-0.4, -0.2) is 40.0 Å². The molecule has 1 saturated carbocycles. The van der Waals surface area contributed by atoms with E-state index in [1.165, 1.54) is 0 Å². The zero-order valence-corrected chi connectivity index (χ0v) is 19.2. The molecule has 2 heterocycles. The molecule has 2 bridgehead atoms. The number of aromatic nitrogens is 1. The minimum Gasteiger partial charge on any atom is -0.481 e. The normalized spacial score (nSPS) is 21.1. The van der Waals surface area contributed by atoms with Gasteiger partial charge >= 0.3 is 5.97 Å². The summed E-state index contributed by atoms with van der Waals surface area (Å²) in [5.74, 6) is -1.71. The predicted octanol–water partition coefficient (Wildman–Crippen LogP) is 3.64. The fraction of sp³-hybridized carbons (Fsp3) is 0.577. The highest BCUT2D eigenvalue weighted by atomic mass is 16.4. The second-order valence-corrected chi connectivity index (χ2v) is 9.66. The minimum atomic E-state index is -0.973. The second kappa shape index (κ2) is 10.9. The van der Waals surface area contributed by atoms with Gasteiger partial charge in [-0.2, -0.15) is 0 Å². The summed E-state index contributed by atoms with van der Waals surface area (Å²) >= 11 is 0. The number of rotatable bonds is 6. The molecule has 1 aliphatic carbocycles. The van der Waals surface area contributed by atoms with E-state index in [4.69, 9.17) is 0 Å². The van der Waals surface area contributed by atoms with Crippen LogP contribution in [0.15, 0.2) is 30.5 Å². The smallest absolute Gasteiger partial charge is 0.304 e. The summed E-state index contributed by atoms with van der Waals surface area (Å²) in [7, 11) is 0. The van der Waals surface area contributed by atoms with E-state index in [9.17, 15) is 19.5 Å². The first-order chi connectivity index (χ1) is 16.0. The molecule has 2 aliphatic rings. The van der Waals surface area contributed by atoms with Gasteiger partial charge in [0.05, 0.1) is 6.42 Å². The van der Waals surface area contributed by atoms with E-state index in [2.05, 4.69) is 33.5 Å². The van der Waals surface area contributed by atoms with Gasteiger partial charge in [0.15, 0.2) is 0 Å². The Kier molecular flexibility index (Phi) is 7.68. The van der Waals surface area contributed by atoms with Gasteiger partial charge in [-0.25, -0.2) is 0 Å². The molecule has 7 heteroatoms. The first-order valence-electron chi connectivity index (χ1n) is 12.4. The lowest BCUT2D eigenvalue weighted by atomic mass is 9.90. The molecule has 0 radical (unpaired) electrons. The molecule has 0 spiro atoms. The van der Waals surface area contributed by atoms with E-state index in [1.54, 1.807) is 0 Å². The Balaban J connectivity index is 1.57. The van der Waals surface area contributed by atoms with Crippen molar-refractivity contribution in [2.45, 2.75) is 76.8 Å². The summed E-state index contributed by atoms with van der Waals surface area (Å²) in [6.45, 7) is 1.51. The molecule has 1 fully saturated rings. The van der Waals surface area contributed by atoms with Crippen molar-refractivity contribution in [1.82, 2.24) is 15.2 Å². The SMILES string of the molecule is O=C(O)C[C@@H](CC1CCCC1)C(=O)NC1Cc2cn(c3ccccc23)CCCCCNC1=O. The number of hydrogen-bond donors (Lipinski definition) is 3. The van der Waals surface area contributed by atoms with E-state index in [-0.39, 0.29) is 18.2 Å². The number of benzene rings is 1. The molecule has 0 saturated heterocycles. The highest BCUT2D eigenvalue weighted by molar-refractivity contribution is 5.91. The van der Waals surface area contributed by atoms with E-state index >= 15 is 0 Å². The lowest BCUT2D eigenvalue weighted by Gasteiger charge is -2.23. The summed E-state index contributed by atoms with van der Waals surface area (Å²) in [6, 6.07) is 7.44. The molecular formula is C26H35N3O4. The van der Waals surface area contributed by atoms with Crippen molar-refractivity contribution in [3.8, 4) is 0 Å². The molecule has 1 unspecified atom stereocenters. The lowest BCUT2D eigenvalue weighted by Crippen LogP contribution is -2.50. The van der Waals surface area contributed by atoms with Crippen LogP contribution in [0.4, 0.5) is 0 Å². The van der Waals surface area contributed by atoms with Gasteiger partial charge in [-0.15, -0.1) is 0 Å². The van der Waals surface area contributed by atoms with Gasteiger partial charge in [0.2, 0.25) is 11.8 Å². The van der Waals surface area contributed by atoms with Crippen LogP contribution >= 0.6 is 0 Å².